The second kappa shape index (κ2) is 7.85. The van der Waals surface area contributed by atoms with Crippen LogP contribution in [-0.4, -0.2) is 11.9 Å². The van der Waals surface area contributed by atoms with E-state index in [0.29, 0.717) is 21.9 Å². The monoisotopic (exact) mass is 392 g/mol. The lowest BCUT2D eigenvalue weighted by atomic mass is 9.97. The van der Waals surface area contributed by atoms with Crippen molar-refractivity contribution < 1.29 is 14.1 Å². The van der Waals surface area contributed by atoms with Gasteiger partial charge in [-0.2, -0.15) is 0 Å². The summed E-state index contributed by atoms with van der Waals surface area (Å²) in [6, 6.07) is 11.2. The normalized spacial score (nSPS) is 12.2. The third-order valence-electron chi connectivity index (χ3n) is 3.68. The highest BCUT2D eigenvalue weighted by molar-refractivity contribution is 9.08. The van der Waals surface area contributed by atoms with Crippen molar-refractivity contribution in [3.63, 3.8) is 0 Å². The van der Waals surface area contributed by atoms with E-state index in [1.165, 1.54) is 0 Å². The number of benzene rings is 2. The molecular formula is C18H18BrO3P. The molecule has 1 unspecified atom stereocenters. The molecule has 0 fully saturated rings. The van der Waals surface area contributed by atoms with Gasteiger partial charge in [-0.1, -0.05) is 40.2 Å². The average molecular weight is 393 g/mol. The molecule has 1 atom stereocenters. The van der Waals surface area contributed by atoms with Crippen LogP contribution in [0.5, 0.6) is 5.75 Å². The summed E-state index contributed by atoms with van der Waals surface area (Å²) in [6.45, 7) is 5.56. The minimum atomic E-state index is -0.652. The number of halogens is 1. The van der Waals surface area contributed by atoms with Crippen LogP contribution in [0.25, 0.3) is 0 Å². The van der Waals surface area contributed by atoms with Gasteiger partial charge in [-0.3, -0.25) is 9.36 Å². The second-order valence-electron chi connectivity index (χ2n) is 5.42. The van der Waals surface area contributed by atoms with Crippen LogP contribution in [0.4, 0.5) is 0 Å². The summed E-state index contributed by atoms with van der Waals surface area (Å²) in [5.41, 5.74) is 3.56. The molecule has 2 rings (SSSR count). The lowest BCUT2D eigenvalue weighted by molar-refractivity contribution is 0.0818. The number of alkyl halides is 1. The van der Waals surface area contributed by atoms with Crippen LogP contribution < -0.4 is 10.0 Å². The first-order valence-electron chi connectivity index (χ1n) is 7.27. The molecule has 0 bridgehead atoms. The maximum atomic E-state index is 12.7. The Labute approximate surface area is 146 Å². The van der Waals surface area contributed by atoms with Crippen molar-refractivity contribution in [1.82, 2.24) is 0 Å². The number of carbonyl (C=O) groups is 1. The Hall–Kier alpha value is -1.51. The number of ketones is 1. The van der Waals surface area contributed by atoms with Crippen molar-refractivity contribution in [3.8, 4) is 5.75 Å². The summed E-state index contributed by atoms with van der Waals surface area (Å²) >= 11 is 3.39. The molecule has 2 aromatic rings. The summed E-state index contributed by atoms with van der Waals surface area (Å²) in [6.07, 6.45) is -0.652. The van der Waals surface area contributed by atoms with Gasteiger partial charge in [0.15, 0.2) is 14.6 Å². The Kier molecular flexibility index (Phi) is 6.09. The van der Waals surface area contributed by atoms with Gasteiger partial charge in [0.1, 0.15) is 5.75 Å². The van der Waals surface area contributed by atoms with Gasteiger partial charge >= 0.3 is 0 Å². The van der Waals surface area contributed by atoms with Crippen molar-refractivity contribution in [3.05, 3.63) is 58.7 Å². The second-order valence-corrected chi connectivity index (χ2v) is 6.64. The van der Waals surface area contributed by atoms with Gasteiger partial charge in [-0.25, -0.2) is 0 Å². The minimum absolute atomic E-state index is 0.0710. The third-order valence-corrected chi connectivity index (χ3v) is 4.89. The van der Waals surface area contributed by atoms with Crippen LogP contribution in [0.1, 0.15) is 34.0 Å². The summed E-state index contributed by atoms with van der Waals surface area (Å²) in [5.74, 6) is 0.407. The summed E-state index contributed by atoms with van der Waals surface area (Å²) in [4.78, 5) is 12.7. The predicted octanol–water partition coefficient (Wildman–Crippen LogP) is 4.77. The topological polar surface area (TPSA) is 43.4 Å². The first kappa shape index (κ1) is 17.8. The Bertz CT molecular complexity index is 723. The Balaban J connectivity index is 2.30. The van der Waals surface area contributed by atoms with E-state index in [0.717, 1.165) is 16.7 Å². The van der Waals surface area contributed by atoms with Crippen molar-refractivity contribution >= 4 is 35.5 Å². The molecule has 0 heterocycles. The van der Waals surface area contributed by atoms with Crippen LogP contribution >= 0.6 is 24.4 Å². The number of hydrogen-bond acceptors (Lipinski definition) is 3. The Morgan fingerprint density at radius 2 is 1.87 bits per heavy atom. The van der Waals surface area contributed by atoms with Gasteiger partial charge in [0.05, 0.1) is 5.30 Å². The standard InChI is InChI=1S/C18H18BrO3P/c1-11-5-4-6-12(2)17(11)18(20)13(3)22-15-9-14(10-19)7-8-16(15)23-21/h4-9,13H,10H2,1-3H3. The zero-order chi connectivity index (χ0) is 17.0. The molecule has 0 amide bonds. The van der Waals surface area contributed by atoms with E-state index in [-0.39, 0.29) is 14.2 Å². The molecule has 0 N–H and O–H groups in total. The molecule has 0 radical (unpaired) electrons. The molecule has 0 saturated carbocycles. The minimum Gasteiger partial charge on any atom is -0.481 e. The summed E-state index contributed by atoms with van der Waals surface area (Å²) in [7, 11) is -0.126. The highest BCUT2D eigenvalue weighted by Crippen LogP contribution is 2.22. The number of hydrogen-bond donors (Lipinski definition) is 0. The van der Waals surface area contributed by atoms with E-state index in [1.807, 2.05) is 44.2 Å². The third kappa shape index (κ3) is 4.07. The highest BCUT2D eigenvalue weighted by atomic mass is 79.9. The van der Waals surface area contributed by atoms with E-state index in [9.17, 15) is 9.36 Å². The number of ether oxygens (including phenoxy) is 1. The number of Topliss-reactive ketones (excluding diaryl/α,β-unsaturated/α-hetero) is 1. The van der Waals surface area contributed by atoms with Gasteiger partial charge < -0.3 is 4.74 Å². The number of carbonyl (C=O) groups excluding carboxylic acids is 1. The van der Waals surface area contributed by atoms with E-state index in [4.69, 9.17) is 4.74 Å². The van der Waals surface area contributed by atoms with Crippen molar-refractivity contribution in [1.29, 1.82) is 0 Å². The van der Waals surface area contributed by atoms with Crippen LogP contribution in [-0.2, 0) is 9.90 Å². The van der Waals surface area contributed by atoms with E-state index in [2.05, 4.69) is 15.9 Å². The number of aryl methyl sites for hydroxylation is 2. The fourth-order valence-corrected chi connectivity index (χ4v) is 3.15. The highest BCUT2D eigenvalue weighted by Gasteiger charge is 2.21. The maximum absolute atomic E-state index is 12.7. The van der Waals surface area contributed by atoms with Gasteiger partial charge in [-0.05, 0) is 49.6 Å². The Morgan fingerprint density at radius 3 is 2.43 bits per heavy atom. The van der Waals surface area contributed by atoms with Gasteiger partial charge in [-0.15, -0.1) is 0 Å². The quantitative estimate of drug-likeness (QED) is 0.404. The van der Waals surface area contributed by atoms with E-state index >= 15 is 0 Å². The first-order chi connectivity index (χ1) is 11.0. The molecule has 5 heteroatoms. The van der Waals surface area contributed by atoms with Crippen molar-refractivity contribution in [2.24, 2.45) is 0 Å². The fourth-order valence-electron chi connectivity index (χ4n) is 2.46. The molecule has 0 aliphatic heterocycles. The molecule has 0 aromatic heterocycles. The zero-order valence-electron chi connectivity index (χ0n) is 13.3. The molecule has 0 aliphatic carbocycles. The largest absolute Gasteiger partial charge is 0.481 e. The summed E-state index contributed by atoms with van der Waals surface area (Å²) in [5, 5.41) is 1.20. The first-order valence-corrected chi connectivity index (χ1v) is 9.20. The van der Waals surface area contributed by atoms with E-state index in [1.54, 1.807) is 13.0 Å². The molecule has 3 nitrogen and oxygen atoms in total. The predicted molar refractivity (Wildman–Crippen MR) is 96.7 cm³/mol. The van der Waals surface area contributed by atoms with Crippen LogP contribution in [0.2, 0.25) is 0 Å². The van der Waals surface area contributed by atoms with Gasteiger partial charge in [0.25, 0.3) is 0 Å². The molecule has 0 saturated heterocycles. The smallest absolute Gasteiger partial charge is 0.203 e. The zero-order valence-corrected chi connectivity index (χ0v) is 15.8. The Morgan fingerprint density at radius 1 is 1.22 bits per heavy atom. The fraction of sp³-hybridized carbons (Fsp3) is 0.278. The van der Waals surface area contributed by atoms with Crippen LogP contribution in [0.3, 0.4) is 0 Å². The lowest BCUT2D eigenvalue weighted by Gasteiger charge is -2.17. The molecule has 120 valence electrons. The number of rotatable bonds is 6. The molecule has 23 heavy (non-hydrogen) atoms. The van der Waals surface area contributed by atoms with Crippen molar-refractivity contribution in [2.45, 2.75) is 32.2 Å². The van der Waals surface area contributed by atoms with Gasteiger partial charge in [0.2, 0.25) is 5.78 Å². The molecular weight excluding hydrogens is 375 g/mol. The molecule has 0 spiro atoms. The molecule has 2 aromatic carbocycles. The van der Waals surface area contributed by atoms with Gasteiger partial charge in [0, 0.05) is 10.9 Å². The SMILES string of the molecule is Cc1cccc(C)c1C(=O)C(C)Oc1cc(CBr)ccc1P=O. The maximum Gasteiger partial charge on any atom is 0.203 e. The lowest BCUT2D eigenvalue weighted by Crippen LogP contribution is -2.26. The van der Waals surface area contributed by atoms with E-state index < -0.39 is 6.10 Å². The van der Waals surface area contributed by atoms with Crippen LogP contribution in [0, 0.1) is 13.8 Å². The van der Waals surface area contributed by atoms with Crippen LogP contribution in [0.15, 0.2) is 36.4 Å². The van der Waals surface area contributed by atoms with Crippen molar-refractivity contribution in [2.75, 3.05) is 0 Å². The average Bonchev–Trinajstić information content (AvgIpc) is 2.54. The molecule has 0 aliphatic rings. The summed E-state index contributed by atoms with van der Waals surface area (Å²) < 4.78 is 17.1.